The van der Waals surface area contributed by atoms with Crippen LogP contribution in [0.3, 0.4) is 0 Å². The zero-order valence-corrected chi connectivity index (χ0v) is 15.8. The van der Waals surface area contributed by atoms with E-state index in [0.29, 0.717) is 25.1 Å². The molecule has 2 aromatic rings. The molecule has 0 heterocycles. The lowest BCUT2D eigenvalue weighted by Gasteiger charge is -2.19. The Morgan fingerprint density at radius 3 is 2.44 bits per heavy atom. The Kier molecular flexibility index (Phi) is 8.00. The smallest absolute Gasteiger partial charge is 0.426 e. The summed E-state index contributed by atoms with van der Waals surface area (Å²) >= 11 is 0. The van der Waals surface area contributed by atoms with E-state index >= 15 is 0 Å². The second kappa shape index (κ2) is 10.2. The quantitative estimate of drug-likeness (QED) is 0.331. The average molecular weight is 370 g/mol. The minimum Gasteiger partial charge on any atom is -0.426 e. The second-order valence-corrected chi connectivity index (χ2v) is 6.65. The van der Waals surface area contributed by atoms with E-state index in [1.807, 2.05) is 44.2 Å². The monoisotopic (exact) mass is 370 g/mol. The van der Waals surface area contributed by atoms with Gasteiger partial charge in [-0.15, -0.1) is 0 Å². The molecule has 144 valence electrons. The molecule has 0 aliphatic rings. The van der Waals surface area contributed by atoms with Gasteiger partial charge in [-0.3, -0.25) is 4.79 Å². The van der Waals surface area contributed by atoms with Crippen LogP contribution in [-0.4, -0.2) is 47.3 Å². The molecule has 0 fully saturated rings. The van der Waals surface area contributed by atoms with Crippen molar-refractivity contribution >= 4 is 13.0 Å². The van der Waals surface area contributed by atoms with Crippen molar-refractivity contribution in [2.45, 2.75) is 32.8 Å². The van der Waals surface area contributed by atoms with Crippen LogP contribution >= 0.6 is 0 Å². The minimum absolute atomic E-state index is 0.0752. The Labute approximate surface area is 160 Å². The fourth-order valence-corrected chi connectivity index (χ4v) is 2.84. The summed E-state index contributed by atoms with van der Waals surface area (Å²) in [5.41, 5.74) is 4.62. The lowest BCUT2D eigenvalue weighted by molar-refractivity contribution is 0.0942. The highest BCUT2D eigenvalue weighted by Gasteiger charge is 2.26. The third-order valence-electron chi connectivity index (χ3n) is 4.67. The van der Waals surface area contributed by atoms with Gasteiger partial charge in [0.2, 0.25) is 0 Å². The fraction of sp³-hybridized carbons (Fsp3) is 0.350. The Hall–Kier alpha value is -2.19. The van der Waals surface area contributed by atoms with Gasteiger partial charge in [-0.25, -0.2) is 0 Å². The number of rotatable bonds is 9. The van der Waals surface area contributed by atoms with E-state index in [1.165, 1.54) is 0 Å². The number of aliphatic hydroxyl groups excluding tert-OH is 1. The lowest BCUT2D eigenvalue weighted by atomic mass is 9.75. The topological polar surface area (TPSA) is 102 Å². The highest BCUT2D eigenvalue weighted by molar-refractivity contribution is 6.43. The molecular formula is C20H27BN2O4. The lowest BCUT2D eigenvalue weighted by Crippen LogP contribution is -2.48. The van der Waals surface area contributed by atoms with Crippen molar-refractivity contribution in [2.24, 2.45) is 0 Å². The minimum atomic E-state index is -1.66. The van der Waals surface area contributed by atoms with Crippen LogP contribution in [0.1, 0.15) is 32.6 Å². The van der Waals surface area contributed by atoms with Crippen molar-refractivity contribution in [1.82, 2.24) is 10.6 Å². The molecule has 0 radical (unpaired) electrons. The molecule has 27 heavy (non-hydrogen) atoms. The van der Waals surface area contributed by atoms with E-state index in [-0.39, 0.29) is 12.5 Å². The molecule has 5 N–H and O–H groups in total. The predicted octanol–water partition coefficient (Wildman–Crippen LogP) is 0.738. The molecule has 0 saturated carbocycles. The summed E-state index contributed by atoms with van der Waals surface area (Å²) in [7, 11) is -1.66. The predicted molar refractivity (Wildman–Crippen MR) is 106 cm³/mol. The standard InChI is InChI=1S/C20H27BN2O4/c1-14-4-3-5-18(15(14)2)12-19(21(26)27)23-20(25)17-8-6-16(7-9-17)13-22-10-11-24/h3-9,19,22,24,26-27H,10-13H2,1-2H3,(H,23,25). The van der Waals surface area contributed by atoms with E-state index in [0.717, 1.165) is 22.3 Å². The van der Waals surface area contributed by atoms with Crippen LogP contribution in [-0.2, 0) is 13.0 Å². The van der Waals surface area contributed by atoms with Crippen LogP contribution in [0.4, 0.5) is 0 Å². The third-order valence-corrected chi connectivity index (χ3v) is 4.67. The van der Waals surface area contributed by atoms with Crippen molar-refractivity contribution in [1.29, 1.82) is 0 Å². The van der Waals surface area contributed by atoms with Gasteiger partial charge in [0.25, 0.3) is 5.91 Å². The number of hydrogen-bond acceptors (Lipinski definition) is 5. The first kappa shape index (κ1) is 21.1. The SMILES string of the molecule is Cc1cccc(CC(NC(=O)c2ccc(CNCCO)cc2)B(O)O)c1C. The van der Waals surface area contributed by atoms with Gasteiger partial charge in [-0.1, -0.05) is 30.3 Å². The summed E-state index contributed by atoms with van der Waals surface area (Å²) < 4.78 is 0. The van der Waals surface area contributed by atoms with Gasteiger partial charge in [0.05, 0.1) is 12.5 Å². The Morgan fingerprint density at radius 2 is 1.81 bits per heavy atom. The van der Waals surface area contributed by atoms with Crippen molar-refractivity contribution in [2.75, 3.05) is 13.2 Å². The average Bonchev–Trinajstić information content (AvgIpc) is 2.65. The molecule has 0 bridgehead atoms. The molecule has 0 aliphatic carbocycles. The van der Waals surface area contributed by atoms with Crippen LogP contribution in [0.5, 0.6) is 0 Å². The van der Waals surface area contributed by atoms with E-state index in [4.69, 9.17) is 5.11 Å². The maximum atomic E-state index is 12.5. The van der Waals surface area contributed by atoms with Crippen molar-refractivity contribution < 1.29 is 19.9 Å². The Bertz CT molecular complexity index is 750. The summed E-state index contributed by atoms with van der Waals surface area (Å²) in [6.45, 7) is 5.17. The summed E-state index contributed by atoms with van der Waals surface area (Å²) in [5.74, 6) is -1.16. The molecule has 1 atom stereocenters. The van der Waals surface area contributed by atoms with E-state index in [2.05, 4.69) is 10.6 Å². The summed E-state index contributed by atoms with van der Waals surface area (Å²) in [5, 5.41) is 34.0. The number of aliphatic hydroxyl groups is 1. The first-order chi connectivity index (χ1) is 12.9. The maximum Gasteiger partial charge on any atom is 0.475 e. The molecule has 0 aliphatic heterocycles. The zero-order chi connectivity index (χ0) is 19.8. The van der Waals surface area contributed by atoms with Crippen LogP contribution in [0.25, 0.3) is 0 Å². The number of amides is 1. The van der Waals surface area contributed by atoms with E-state index in [1.54, 1.807) is 12.1 Å². The maximum absolute atomic E-state index is 12.5. The molecule has 0 saturated heterocycles. The number of aryl methyl sites for hydroxylation is 1. The number of hydrogen-bond donors (Lipinski definition) is 5. The largest absolute Gasteiger partial charge is 0.475 e. The fourth-order valence-electron chi connectivity index (χ4n) is 2.84. The summed E-state index contributed by atoms with van der Waals surface area (Å²) in [4.78, 5) is 12.5. The zero-order valence-electron chi connectivity index (χ0n) is 15.8. The van der Waals surface area contributed by atoms with Crippen molar-refractivity contribution in [3.8, 4) is 0 Å². The molecular weight excluding hydrogens is 343 g/mol. The van der Waals surface area contributed by atoms with Crippen molar-refractivity contribution in [3.63, 3.8) is 0 Å². The summed E-state index contributed by atoms with van der Waals surface area (Å²) in [6, 6.07) is 12.9. The molecule has 0 spiro atoms. The molecule has 1 amide bonds. The Morgan fingerprint density at radius 1 is 1.11 bits per heavy atom. The first-order valence-corrected chi connectivity index (χ1v) is 9.05. The third kappa shape index (κ3) is 6.18. The highest BCUT2D eigenvalue weighted by Crippen LogP contribution is 2.15. The van der Waals surface area contributed by atoms with Gasteiger partial charge in [0, 0.05) is 18.7 Å². The molecule has 0 aromatic heterocycles. The van der Waals surface area contributed by atoms with Crippen LogP contribution in [0.15, 0.2) is 42.5 Å². The van der Waals surface area contributed by atoms with Gasteiger partial charge in [0.15, 0.2) is 0 Å². The number of benzene rings is 2. The number of carbonyl (C=O) groups is 1. The van der Waals surface area contributed by atoms with E-state index < -0.39 is 13.1 Å². The molecule has 7 heteroatoms. The van der Waals surface area contributed by atoms with Gasteiger partial charge in [-0.05, 0) is 54.7 Å². The van der Waals surface area contributed by atoms with Gasteiger partial charge >= 0.3 is 7.12 Å². The van der Waals surface area contributed by atoms with Crippen LogP contribution in [0.2, 0.25) is 0 Å². The van der Waals surface area contributed by atoms with E-state index in [9.17, 15) is 14.8 Å². The normalized spacial score (nSPS) is 11.9. The second-order valence-electron chi connectivity index (χ2n) is 6.65. The summed E-state index contributed by atoms with van der Waals surface area (Å²) in [6.07, 6.45) is 0.333. The van der Waals surface area contributed by atoms with Gasteiger partial charge in [-0.2, -0.15) is 0 Å². The van der Waals surface area contributed by atoms with Crippen LogP contribution < -0.4 is 10.6 Å². The van der Waals surface area contributed by atoms with Gasteiger partial charge in [0.1, 0.15) is 0 Å². The number of carbonyl (C=O) groups excluding carboxylic acids is 1. The Balaban J connectivity index is 2.03. The number of nitrogens with one attached hydrogen (secondary N) is 2. The van der Waals surface area contributed by atoms with Crippen molar-refractivity contribution in [3.05, 3.63) is 70.3 Å². The molecule has 2 rings (SSSR count). The first-order valence-electron chi connectivity index (χ1n) is 9.05. The molecule has 2 aromatic carbocycles. The van der Waals surface area contributed by atoms with Crippen LogP contribution in [0, 0.1) is 13.8 Å². The molecule has 1 unspecified atom stereocenters. The van der Waals surface area contributed by atoms with Gasteiger partial charge < -0.3 is 25.8 Å². The highest BCUT2D eigenvalue weighted by atomic mass is 16.4. The molecule has 6 nitrogen and oxygen atoms in total.